The number of nitrogens with zero attached hydrogens (tertiary/aromatic N) is 4. The minimum Gasteiger partial charge on any atom is -0.340 e. The number of carbonyl (C=O) groups excluding carboxylic acids is 1. The lowest BCUT2D eigenvalue weighted by atomic mass is 10.1. The van der Waals surface area contributed by atoms with Gasteiger partial charge in [0.05, 0.1) is 11.2 Å². The van der Waals surface area contributed by atoms with Crippen LogP contribution in [0, 0.1) is 12.8 Å². The summed E-state index contributed by atoms with van der Waals surface area (Å²) in [7, 11) is 2.17. The molecule has 0 radical (unpaired) electrons. The normalized spacial score (nSPS) is 20.6. The highest BCUT2D eigenvalue weighted by atomic mass is 32.1. The summed E-state index contributed by atoms with van der Waals surface area (Å²) in [6.45, 7) is 5.81. The summed E-state index contributed by atoms with van der Waals surface area (Å²) < 4.78 is 2.17. The molecule has 0 bridgehead atoms. The van der Waals surface area contributed by atoms with E-state index in [1.54, 1.807) is 11.3 Å². The maximum atomic E-state index is 12.9. The molecule has 25 heavy (non-hydrogen) atoms. The van der Waals surface area contributed by atoms with E-state index in [0.29, 0.717) is 12.0 Å². The zero-order valence-corrected chi connectivity index (χ0v) is 15.8. The van der Waals surface area contributed by atoms with Crippen LogP contribution in [0.2, 0.25) is 0 Å². The van der Waals surface area contributed by atoms with Crippen LogP contribution in [0.1, 0.15) is 46.4 Å². The first-order valence-electron chi connectivity index (χ1n) is 9.15. The van der Waals surface area contributed by atoms with Crippen LogP contribution in [0.4, 0.5) is 0 Å². The highest BCUT2D eigenvalue weighted by molar-refractivity contribution is 7.09. The van der Waals surface area contributed by atoms with E-state index < -0.39 is 0 Å². The number of thiazole rings is 1. The van der Waals surface area contributed by atoms with Crippen LogP contribution >= 0.6 is 11.3 Å². The van der Waals surface area contributed by atoms with Crippen molar-refractivity contribution in [3.8, 4) is 0 Å². The molecule has 1 aliphatic carbocycles. The highest BCUT2D eigenvalue weighted by Gasteiger charge is 2.32. The first-order chi connectivity index (χ1) is 12.1. The second kappa shape index (κ2) is 6.92. The number of rotatable bonds is 6. The van der Waals surface area contributed by atoms with Crippen molar-refractivity contribution in [2.24, 2.45) is 5.92 Å². The molecule has 0 aromatic carbocycles. The summed E-state index contributed by atoms with van der Waals surface area (Å²) in [4.78, 5) is 23.0. The smallest absolute Gasteiger partial charge is 0.270 e. The Morgan fingerprint density at radius 1 is 1.40 bits per heavy atom. The van der Waals surface area contributed by atoms with E-state index >= 15 is 0 Å². The van der Waals surface area contributed by atoms with Gasteiger partial charge in [-0.3, -0.25) is 4.79 Å². The van der Waals surface area contributed by atoms with E-state index in [9.17, 15) is 4.79 Å². The van der Waals surface area contributed by atoms with Crippen LogP contribution in [0.15, 0.2) is 23.8 Å². The standard InChI is InChI=1S/C19H26N4OS/c1-14-18(25-13-20-14)12-21(2)10-15-7-9-22(11-15)19(24)17-4-3-8-23(17)16-5-6-16/h3-4,8,13,15-16H,5-7,9-12H2,1-2H3/t15-/m0/s1. The molecule has 1 saturated heterocycles. The lowest BCUT2D eigenvalue weighted by Gasteiger charge is -2.21. The van der Waals surface area contributed by atoms with Gasteiger partial charge in [0.25, 0.3) is 5.91 Å². The minimum atomic E-state index is 0.209. The second-order valence-corrected chi connectivity index (χ2v) is 8.43. The number of aryl methyl sites for hydroxylation is 1. The zero-order valence-electron chi connectivity index (χ0n) is 15.0. The SMILES string of the molecule is Cc1ncsc1CN(C)C[C@@H]1CCN(C(=O)c2cccn2C2CC2)C1. The minimum absolute atomic E-state index is 0.209. The van der Waals surface area contributed by atoms with E-state index in [1.807, 2.05) is 22.5 Å². The molecule has 5 nitrogen and oxygen atoms in total. The van der Waals surface area contributed by atoms with Gasteiger partial charge in [0.15, 0.2) is 0 Å². The Labute approximate surface area is 153 Å². The molecule has 6 heteroatoms. The average Bonchev–Trinajstić information content (AvgIpc) is 2.98. The van der Waals surface area contributed by atoms with Crippen molar-refractivity contribution >= 4 is 17.2 Å². The van der Waals surface area contributed by atoms with E-state index in [2.05, 4.69) is 34.6 Å². The van der Waals surface area contributed by atoms with Gasteiger partial charge in [-0.25, -0.2) is 4.98 Å². The van der Waals surface area contributed by atoms with Crippen molar-refractivity contribution < 1.29 is 4.79 Å². The molecule has 2 aromatic rings. The van der Waals surface area contributed by atoms with E-state index in [4.69, 9.17) is 0 Å². The molecule has 2 aromatic heterocycles. The molecule has 0 spiro atoms. The molecule has 2 fully saturated rings. The number of hydrogen-bond acceptors (Lipinski definition) is 4. The van der Waals surface area contributed by atoms with Gasteiger partial charge < -0.3 is 14.4 Å². The van der Waals surface area contributed by atoms with Gasteiger partial charge in [-0.05, 0) is 51.3 Å². The molecule has 1 atom stereocenters. The van der Waals surface area contributed by atoms with Crippen molar-refractivity contribution in [1.82, 2.24) is 19.4 Å². The zero-order chi connectivity index (χ0) is 17.4. The lowest BCUT2D eigenvalue weighted by Crippen LogP contribution is -2.32. The van der Waals surface area contributed by atoms with Gasteiger partial charge in [-0.1, -0.05) is 0 Å². The Bertz CT molecular complexity index is 748. The second-order valence-electron chi connectivity index (χ2n) is 7.50. The average molecular weight is 359 g/mol. The molecule has 1 amide bonds. The van der Waals surface area contributed by atoms with Crippen LogP contribution in [0.3, 0.4) is 0 Å². The quantitative estimate of drug-likeness (QED) is 0.796. The predicted octanol–water partition coefficient (Wildman–Crippen LogP) is 3.18. The fourth-order valence-corrected chi connectivity index (χ4v) is 4.66. The maximum absolute atomic E-state index is 12.9. The largest absolute Gasteiger partial charge is 0.340 e. The molecule has 1 saturated carbocycles. The lowest BCUT2D eigenvalue weighted by molar-refractivity contribution is 0.0773. The van der Waals surface area contributed by atoms with E-state index in [1.165, 1.54) is 17.7 Å². The molecular formula is C19H26N4OS. The summed E-state index contributed by atoms with van der Waals surface area (Å²) in [6.07, 6.45) is 5.57. The van der Waals surface area contributed by atoms with Crippen LogP contribution in [-0.2, 0) is 6.54 Å². The molecule has 1 aliphatic heterocycles. The molecule has 3 heterocycles. The summed E-state index contributed by atoms with van der Waals surface area (Å²) in [5.41, 5.74) is 3.93. The number of likely N-dealkylation sites (tertiary alicyclic amines) is 1. The van der Waals surface area contributed by atoms with Gasteiger partial charge in [0.2, 0.25) is 0 Å². The molecule has 2 aliphatic rings. The fraction of sp³-hybridized carbons (Fsp3) is 0.579. The third-order valence-electron chi connectivity index (χ3n) is 5.34. The highest BCUT2D eigenvalue weighted by Crippen LogP contribution is 2.36. The van der Waals surface area contributed by atoms with Gasteiger partial charge >= 0.3 is 0 Å². The molecular weight excluding hydrogens is 332 g/mol. The summed E-state index contributed by atoms with van der Waals surface area (Å²) in [5, 5.41) is 0. The topological polar surface area (TPSA) is 41.4 Å². The van der Waals surface area contributed by atoms with E-state index in [-0.39, 0.29) is 5.91 Å². The number of amides is 1. The first kappa shape index (κ1) is 16.8. The Morgan fingerprint density at radius 3 is 2.96 bits per heavy atom. The van der Waals surface area contributed by atoms with Crippen LogP contribution in [-0.4, -0.2) is 51.9 Å². The van der Waals surface area contributed by atoms with Crippen LogP contribution in [0.5, 0.6) is 0 Å². The summed E-state index contributed by atoms with van der Waals surface area (Å²) in [5.74, 6) is 0.770. The van der Waals surface area contributed by atoms with Gasteiger partial charge in [0.1, 0.15) is 5.69 Å². The molecule has 134 valence electrons. The Morgan fingerprint density at radius 2 is 2.24 bits per heavy atom. The predicted molar refractivity (Wildman–Crippen MR) is 99.9 cm³/mol. The Balaban J connectivity index is 1.32. The molecule has 4 rings (SSSR count). The van der Waals surface area contributed by atoms with Crippen LogP contribution < -0.4 is 0 Å². The van der Waals surface area contributed by atoms with Crippen molar-refractivity contribution in [1.29, 1.82) is 0 Å². The maximum Gasteiger partial charge on any atom is 0.270 e. The van der Waals surface area contributed by atoms with Crippen molar-refractivity contribution in [2.45, 2.75) is 38.8 Å². The number of aromatic nitrogens is 2. The fourth-order valence-electron chi connectivity index (χ4n) is 3.80. The monoisotopic (exact) mass is 358 g/mol. The first-order valence-corrected chi connectivity index (χ1v) is 10.0. The Kier molecular flexibility index (Phi) is 4.65. The van der Waals surface area contributed by atoms with Gasteiger partial charge in [0, 0.05) is 43.3 Å². The van der Waals surface area contributed by atoms with E-state index in [0.717, 1.165) is 44.0 Å². The van der Waals surface area contributed by atoms with Crippen molar-refractivity contribution in [3.05, 3.63) is 40.1 Å². The summed E-state index contributed by atoms with van der Waals surface area (Å²) >= 11 is 1.73. The third-order valence-corrected chi connectivity index (χ3v) is 6.26. The number of carbonyl (C=O) groups is 1. The summed E-state index contributed by atoms with van der Waals surface area (Å²) in [6, 6.07) is 4.54. The van der Waals surface area contributed by atoms with Crippen molar-refractivity contribution in [2.75, 3.05) is 26.7 Å². The molecule has 0 N–H and O–H groups in total. The van der Waals surface area contributed by atoms with Gasteiger partial charge in [-0.2, -0.15) is 0 Å². The third kappa shape index (κ3) is 3.65. The van der Waals surface area contributed by atoms with Crippen LogP contribution in [0.25, 0.3) is 0 Å². The van der Waals surface area contributed by atoms with Crippen molar-refractivity contribution in [3.63, 3.8) is 0 Å². The molecule has 0 unspecified atom stereocenters. The Hall–Kier alpha value is -1.66. The van der Waals surface area contributed by atoms with Gasteiger partial charge in [-0.15, -0.1) is 11.3 Å². The number of hydrogen-bond donors (Lipinski definition) is 0.